The summed E-state index contributed by atoms with van der Waals surface area (Å²) in [5, 5.41) is 2.94. The molecule has 0 aliphatic heterocycles. The summed E-state index contributed by atoms with van der Waals surface area (Å²) in [5.41, 5.74) is 0. The summed E-state index contributed by atoms with van der Waals surface area (Å²) in [7, 11) is 0. The van der Waals surface area contributed by atoms with Crippen LogP contribution in [0.5, 0.6) is 0 Å². The fourth-order valence-corrected chi connectivity index (χ4v) is 0.751. The molecule has 9 heavy (non-hydrogen) atoms. The number of aldehydes is 1. The van der Waals surface area contributed by atoms with Gasteiger partial charge in [0, 0.05) is 12.5 Å². The maximum Gasteiger partial charge on any atom is 0.122 e. The molecule has 0 radical (unpaired) electrons. The molecule has 0 amide bonds. The quantitative estimate of drug-likeness (QED) is 0.472. The molecule has 0 fully saturated rings. The number of hydrogen-bond acceptors (Lipinski definition) is 2. The van der Waals surface area contributed by atoms with E-state index >= 15 is 0 Å². The summed E-state index contributed by atoms with van der Waals surface area (Å²) in [6.45, 7) is 3.72. The predicted molar refractivity (Wildman–Crippen MR) is 41.6 cm³/mol. The van der Waals surface area contributed by atoms with Crippen molar-refractivity contribution in [1.29, 1.82) is 0 Å². The van der Waals surface area contributed by atoms with E-state index in [-0.39, 0.29) is 6.04 Å². The van der Waals surface area contributed by atoms with E-state index in [1.807, 2.05) is 6.92 Å². The highest BCUT2D eigenvalue weighted by atomic mass is 32.1. The summed E-state index contributed by atoms with van der Waals surface area (Å²) in [6.07, 6.45) is 1.41. The Morgan fingerprint density at radius 2 is 2.44 bits per heavy atom. The van der Waals surface area contributed by atoms with Gasteiger partial charge < -0.3 is 10.1 Å². The van der Waals surface area contributed by atoms with Crippen molar-refractivity contribution in [3.8, 4) is 0 Å². The molecule has 0 aliphatic carbocycles. The third-order valence-corrected chi connectivity index (χ3v) is 1.02. The SMILES string of the molecule is CC(=S)NC(C)CC=O. The lowest BCUT2D eigenvalue weighted by Gasteiger charge is -2.08. The molecule has 3 heteroatoms. The summed E-state index contributed by atoms with van der Waals surface area (Å²) in [5.74, 6) is 0. The molecule has 0 aromatic rings. The zero-order chi connectivity index (χ0) is 7.28. The summed E-state index contributed by atoms with van der Waals surface area (Å²) in [4.78, 5) is 10.7. The monoisotopic (exact) mass is 145 g/mol. The molecule has 2 nitrogen and oxygen atoms in total. The Kier molecular flexibility index (Phi) is 4.22. The first-order chi connectivity index (χ1) is 4.16. The van der Waals surface area contributed by atoms with Crippen LogP contribution in [0.3, 0.4) is 0 Å². The van der Waals surface area contributed by atoms with Crippen LogP contribution in [0.2, 0.25) is 0 Å². The molecule has 0 aromatic heterocycles. The third-order valence-electron chi connectivity index (χ3n) is 0.899. The molecule has 0 saturated heterocycles. The topological polar surface area (TPSA) is 29.1 Å². The second kappa shape index (κ2) is 4.44. The molecule has 1 unspecified atom stereocenters. The molecule has 0 aromatic carbocycles. The van der Waals surface area contributed by atoms with Gasteiger partial charge in [-0.1, -0.05) is 12.2 Å². The number of rotatable bonds is 3. The number of thiocarbonyl (C=S) groups is 1. The average Bonchev–Trinajstić information content (AvgIpc) is 1.63. The molecule has 0 spiro atoms. The number of carbonyl (C=O) groups is 1. The lowest BCUT2D eigenvalue weighted by atomic mass is 10.2. The minimum absolute atomic E-state index is 0.181. The van der Waals surface area contributed by atoms with Gasteiger partial charge in [0.25, 0.3) is 0 Å². The molecule has 0 heterocycles. The maximum absolute atomic E-state index is 9.91. The van der Waals surface area contributed by atoms with Crippen LogP contribution in [0.4, 0.5) is 0 Å². The second-order valence-electron chi connectivity index (χ2n) is 2.00. The van der Waals surface area contributed by atoms with Crippen LogP contribution in [0, 0.1) is 0 Å². The lowest BCUT2D eigenvalue weighted by molar-refractivity contribution is -0.108. The average molecular weight is 145 g/mol. The van der Waals surface area contributed by atoms with E-state index < -0.39 is 0 Å². The van der Waals surface area contributed by atoms with Crippen molar-refractivity contribution in [3.63, 3.8) is 0 Å². The van der Waals surface area contributed by atoms with Gasteiger partial charge in [0.1, 0.15) is 6.29 Å². The van der Waals surface area contributed by atoms with E-state index in [1.54, 1.807) is 6.92 Å². The van der Waals surface area contributed by atoms with Gasteiger partial charge in [-0.2, -0.15) is 0 Å². The standard InChI is InChI=1S/C6H11NOS/c1-5(3-4-8)7-6(2)9/h4-5H,3H2,1-2H3,(H,7,9). The second-order valence-corrected chi connectivity index (χ2v) is 2.62. The first-order valence-electron chi connectivity index (χ1n) is 2.87. The Labute approximate surface area is 60.6 Å². The highest BCUT2D eigenvalue weighted by Crippen LogP contribution is 1.85. The molecule has 1 atom stereocenters. The van der Waals surface area contributed by atoms with Crippen LogP contribution in [-0.2, 0) is 4.79 Å². The zero-order valence-corrected chi connectivity index (χ0v) is 6.49. The van der Waals surface area contributed by atoms with E-state index in [1.165, 1.54) is 0 Å². The van der Waals surface area contributed by atoms with Crippen molar-refractivity contribution in [2.75, 3.05) is 0 Å². The molecule has 0 rings (SSSR count). The van der Waals surface area contributed by atoms with E-state index in [9.17, 15) is 4.79 Å². The Bertz CT molecular complexity index is 114. The van der Waals surface area contributed by atoms with Crippen molar-refractivity contribution in [2.45, 2.75) is 26.3 Å². The van der Waals surface area contributed by atoms with Crippen molar-refractivity contribution >= 4 is 23.5 Å². The van der Waals surface area contributed by atoms with Crippen molar-refractivity contribution in [2.24, 2.45) is 0 Å². The van der Waals surface area contributed by atoms with Gasteiger partial charge in [-0.3, -0.25) is 0 Å². The fraction of sp³-hybridized carbons (Fsp3) is 0.667. The van der Waals surface area contributed by atoms with Crippen LogP contribution in [0.25, 0.3) is 0 Å². The Hall–Kier alpha value is -0.440. The molecule has 52 valence electrons. The number of nitrogens with one attached hydrogen (secondary N) is 1. The van der Waals surface area contributed by atoms with Gasteiger partial charge >= 0.3 is 0 Å². The Morgan fingerprint density at radius 3 is 2.78 bits per heavy atom. The third kappa shape index (κ3) is 5.43. The van der Waals surface area contributed by atoms with Gasteiger partial charge in [0.15, 0.2) is 0 Å². The van der Waals surface area contributed by atoms with Gasteiger partial charge in [-0.25, -0.2) is 0 Å². The fourth-order valence-electron chi connectivity index (χ4n) is 0.550. The zero-order valence-electron chi connectivity index (χ0n) is 5.68. The molecule has 0 saturated carbocycles. The van der Waals surface area contributed by atoms with Crippen LogP contribution < -0.4 is 5.32 Å². The molecular weight excluding hydrogens is 134 g/mol. The molecular formula is C6H11NOS. The molecule has 1 N–H and O–H groups in total. The van der Waals surface area contributed by atoms with Crippen LogP contribution >= 0.6 is 12.2 Å². The summed E-state index contributed by atoms with van der Waals surface area (Å²) < 4.78 is 0. The van der Waals surface area contributed by atoms with E-state index in [2.05, 4.69) is 5.32 Å². The summed E-state index contributed by atoms with van der Waals surface area (Å²) >= 11 is 4.76. The smallest absolute Gasteiger partial charge is 0.122 e. The first-order valence-corrected chi connectivity index (χ1v) is 3.28. The minimum atomic E-state index is 0.181. The molecule has 0 aliphatic rings. The van der Waals surface area contributed by atoms with Crippen molar-refractivity contribution < 1.29 is 4.79 Å². The lowest BCUT2D eigenvalue weighted by Crippen LogP contribution is -2.29. The first kappa shape index (κ1) is 8.56. The van der Waals surface area contributed by atoms with Gasteiger partial charge in [0.05, 0.1) is 4.99 Å². The minimum Gasteiger partial charge on any atom is -0.377 e. The van der Waals surface area contributed by atoms with Gasteiger partial charge in [0.2, 0.25) is 0 Å². The van der Waals surface area contributed by atoms with Gasteiger partial charge in [-0.15, -0.1) is 0 Å². The van der Waals surface area contributed by atoms with E-state index in [4.69, 9.17) is 12.2 Å². The van der Waals surface area contributed by atoms with Gasteiger partial charge in [-0.05, 0) is 13.8 Å². The normalized spacial score (nSPS) is 12.2. The summed E-state index contributed by atoms with van der Waals surface area (Å²) in [6, 6.07) is 0.181. The Morgan fingerprint density at radius 1 is 1.89 bits per heavy atom. The largest absolute Gasteiger partial charge is 0.377 e. The van der Waals surface area contributed by atoms with Crippen molar-refractivity contribution in [1.82, 2.24) is 5.32 Å². The van der Waals surface area contributed by atoms with E-state index in [0.29, 0.717) is 6.42 Å². The Balaban J connectivity index is 3.37. The van der Waals surface area contributed by atoms with Crippen LogP contribution in [0.15, 0.2) is 0 Å². The number of carbonyl (C=O) groups excluding carboxylic acids is 1. The predicted octanol–water partition coefficient (Wildman–Crippen LogP) is 0.901. The highest BCUT2D eigenvalue weighted by Gasteiger charge is 1.97. The molecule has 0 bridgehead atoms. The van der Waals surface area contributed by atoms with E-state index in [0.717, 1.165) is 11.3 Å². The maximum atomic E-state index is 9.91. The van der Waals surface area contributed by atoms with Crippen LogP contribution in [0.1, 0.15) is 20.3 Å². The van der Waals surface area contributed by atoms with Crippen molar-refractivity contribution in [3.05, 3.63) is 0 Å². The number of hydrogen-bond donors (Lipinski definition) is 1. The highest BCUT2D eigenvalue weighted by molar-refractivity contribution is 7.80. The van der Waals surface area contributed by atoms with Crippen LogP contribution in [-0.4, -0.2) is 17.3 Å².